The van der Waals surface area contributed by atoms with Gasteiger partial charge in [-0.2, -0.15) is 0 Å². The van der Waals surface area contributed by atoms with Gasteiger partial charge in [-0.05, 0) is 52.7 Å². The average molecular weight is 282 g/mol. The molecule has 0 aliphatic carbocycles. The fourth-order valence-electron chi connectivity index (χ4n) is 2.17. The van der Waals surface area contributed by atoms with Crippen LogP contribution in [0.5, 0.6) is 11.5 Å². The Labute approximate surface area is 122 Å². The smallest absolute Gasteiger partial charge is 0.123 e. The molecule has 106 valence electrons. The molecule has 0 fully saturated rings. The van der Waals surface area contributed by atoms with Gasteiger partial charge in [0, 0.05) is 0 Å². The van der Waals surface area contributed by atoms with Crippen molar-refractivity contribution in [1.29, 1.82) is 0 Å². The molecule has 0 saturated heterocycles. The van der Waals surface area contributed by atoms with Gasteiger partial charge in [-0.15, -0.1) is 0 Å². The summed E-state index contributed by atoms with van der Waals surface area (Å²) in [7, 11) is 1.64. The second kappa shape index (κ2) is 5.83. The highest BCUT2D eigenvalue weighted by Gasteiger charge is 2.00. The van der Waals surface area contributed by atoms with Crippen molar-refractivity contribution in [2.75, 3.05) is 7.11 Å². The maximum Gasteiger partial charge on any atom is 0.123 e. The molecule has 0 unspecified atom stereocenters. The van der Waals surface area contributed by atoms with Crippen LogP contribution in [0.15, 0.2) is 60.7 Å². The molecule has 2 nitrogen and oxygen atoms in total. The summed E-state index contributed by atoms with van der Waals surface area (Å²) in [5.74, 6) is 1.37. The van der Waals surface area contributed by atoms with Crippen molar-refractivity contribution in [3.63, 3.8) is 0 Å². The van der Waals surface area contributed by atoms with E-state index in [2.05, 4.69) is 0 Å². The van der Waals surface area contributed by atoms with E-state index in [1.54, 1.807) is 13.2 Å². The quantitative estimate of drug-likeness (QED) is 0.698. The lowest BCUT2D eigenvalue weighted by Gasteiger charge is -2.08. The van der Waals surface area contributed by atoms with Gasteiger partial charge in [0.1, 0.15) is 23.9 Å². The van der Waals surface area contributed by atoms with Crippen LogP contribution in [0.1, 0.15) is 5.56 Å². The summed E-state index contributed by atoms with van der Waals surface area (Å²) in [4.78, 5) is 0. The van der Waals surface area contributed by atoms with Gasteiger partial charge in [-0.3, -0.25) is 0 Å². The first-order chi connectivity index (χ1) is 10.2. The zero-order valence-corrected chi connectivity index (χ0v) is 11.7. The minimum atomic E-state index is -0.227. The lowest BCUT2D eigenvalue weighted by atomic mass is 10.1. The van der Waals surface area contributed by atoms with Gasteiger partial charge >= 0.3 is 0 Å². The zero-order chi connectivity index (χ0) is 14.7. The number of methoxy groups -OCH3 is 1. The summed E-state index contributed by atoms with van der Waals surface area (Å²) in [6.07, 6.45) is 0. The fourth-order valence-corrected chi connectivity index (χ4v) is 2.17. The minimum absolute atomic E-state index is 0.227. The van der Waals surface area contributed by atoms with E-state index in [4.69, 9.17) is 9.47 Å². The molecule has 0 N–H and O–H groups in total. The van der Waals surface area contributed by atoms with Gasteiger partial charge < -0.3 is 9.47 Å². The molecule has 0 bridgehead atoms. The van der Waals surface area contributed by atoms with Crippen LogP contribution in [0.2, 0.25) is 0 Å². The summed E-state index contributed by atoms with van der Waals surface area (Å²) in [5, 5.41) is 1.83. The van der Waals surface area contributed by atoms with Gasteiger partial charge in [-0.1, -0.05) is 24.3 Å². The number of halogens is 1. The molecule has 3 aromatic carbocycles. The molecule has 3 rings (SSSR count). The first kappa shape index (κ1) is 13.4. The fraction of sp³-hybridized carbons (Fsp3) is 0.111. The Balaban J connectivity index is 1.73. The second-order valence-corrected chi connectivity index (χ2v) is 4.79. The number of rotatable bonds is 4. The minimum Gasteiger partial charge on any atom is -0.497 e. The molecular weight excluding hydrogens is 267 g/mol. The van der Waals surface area contributed by atoms with E-state index in [9.17, 15) is 4.39 Å². The molecule has 0 aliphatic heterocycles. The Morgan fingerprint density at radius 1 is 0.810 bits per heavy atom. The number of hydrogen-bond acceptors (Lipinski definition) is 2. The highest BCUT2D eigenvalue weighted by atomic mass is 19.1. The monoisotopic (exact) mass is 282 g/mol. The van der Waals surface area contributed by atoms with Crippen LogP contribution in [0.25, 0.3) is 10.8 Å². The van der Waals surface area contributed by atoms with Crippen LogP contribution in [0.4, 0.5) is 4.39 Å². The lowest BCUT2D eigenvalue weighted by Crippen LogP contribution is -1.95. The molecule has 3 aromatic rings. The van der Waals surface area contributed by atoms with E-state index in [0.717, 1.165) is 27.8 Å². The predicted octanol–water partition coefficient (Wildman–Crippen LogP) is 4.57. The van der Waals surface area contributed by atoms with Gasteiger partial charge in [-0.25, -0.2) is 4.39 Å². The van der Waals surface area contributed by atoms with Gasteiger partial charge in [0.15, 0.2) is 0 Å². The van der Waals surface area contributed by atoms with Crippen LogP contribution in [-0.2, 0) is 6.61 Å². The highest BCUT2D eigenvalue weighted by molar-refractivity contribution is 5.83. The first-order valence-corrected chi connectivity index (χ1v) is 6.70. The third kappa shape index (κ3) is 3.14. The van der Waals surface area contributed by atoms with Crippen LogP contribution >= 0.6 is 0 Å². The number of benzene rings is 3. The van der Waals surface area contributed by atoms with Crippen LogP contribution in [0, 0.1) is 5.82 Å². The molecule has 0 saturated carbocycles. The third-order valence-electron chi connectivity index (χ3n) is 3.34. The Hall–Kier alpha value is -2.55. The topological polar surface area (TPSA) is 18.5 Å². The van der Waals surface area contributed by atoms with Gasteiger partial charge in [0.25, 0.3) is 0 Å². The second-order valence-electron chi connectivity index (χ2n) is 4.79. The number of fused-ring (bicyclic) bond motifs is 1. The average Bonchev–Trinajstić information content (AvgIpc) is 2.53. The van der Waals surface area contributed by atoms with Crippen LogP contribution in [0.3, 0.4) is 0 Å². The van der Waals surface area contributed by atoms with E-state index in [1.165, 1.54) is 12.1 Å². The van der Waals surface area contributed by atoms with Crippen LogP contribution in [-0.4, -0.2) is 7.11 Å². The maximum atomic E-state index is 13.1. The molecular formula is C18H15FO2. The van der Waals surface area contributed by atoms with Gasteiger partial charge in [0.2, 0.25) is 0 Å². The predicted molar refractivity (Wildman–Crippen MR) is 81.2 cm³/mol. The van der Waals surface area contributed by atoms with Crippen LogP contribution < -0.4 is 9.47 Å². The SMILES string of the molecule is COc1ccc(COc2ccc3cc(F)ccc3c2)cc1. The molecule has 0 aliphatic rings. The summed E-state index contributed by atoms with van der Waals surface area (Å²) in [6.45, 7) is 0.483. The molecule has 0 atom stereocenters. The van der Waals surface area contributed by atoms with Crippen molar-refractivity contribution in [3.05, 3.63) is 72.0 Å². The molecule has 0 aromatic heterocycles. The van der Waals surface area contributed by atoms with Crippen molar-refractivity contribution in [2.45, 2.75) is 6.61 Å². The Bertz CT molecular complexity index is 751. The maximum absolute atomic E-state index is 13.1. The third-order valence-corrected chi connectivity index (χ3v) is 3.34. The van der Waals surface area contributed by atoms with Crippen molar-refractivity contribution < 1.29 is 13.9 Å². The molecule has 3 heteroatoms. The van der Waals surface area contributed by atoms with E-state index < -0.39 is 0 Å². The van der Waals surface area contributed by atoms with E-state index in [0.29, 0.717) is 6.61 Å². The van der Waals surface area contributed by atoms with Crippen molar-refractivity contribution in [2.24, 2.45) is 0 Å². The van der Waals surface area contributed by atoms with E-state index in [1.807, 2.05) is 42.5 Å². The number of hydrogen-bond donors (Lipinski definition) is 0. The highest BCUT2D eigenvalue weighted by Crippen LogP contribution is 2.22. The first-order valence-electron chi connectivity index (χ1n) is 6.70. The van der Waals surface area contributed by atoms with E-state index in [-0.39, 0.29) is 5.82 Å². The Morgan fingerprint density at radius 3 is 2.24 bits per heavy atom. The number of ether oxygens (including phenoxy) is 2. The molecule has 0 heterocycles. The Kier molecular flexibility index (Phi) is 3.73. The summed E-state index contributed by atoms with van der Waals surface area (Å²) in [5.41, 5.74) is 1.06. The standard InChI is InChI=1S/C18H15FO2/c1-20-17-7-2-13(3-8-17)12-21-18-9-5-14-10-16(19)6-4-15(14)11-18/h2-11H,12H2,1H3. The normalized spacial score (nSPS) is 10.6. The van der Waals surface area contributed by atoms with Gasteiger partial charge in [0.05, 0.1) is 7.11 Å². The summed E-state index contributed by atoms with van der Waals surface area (Å²) < 4.78 is 24.0. The summed E-state index contributed by atoms with van der Waals surface area (Å²) in [6, 6.07) is 18.1. The van der Waals surface area contributed by atoms with Crippen molar-refractivity contribution in [3.8, 4) is 11.5 Å². The molecule has 21 heavy (non-hydrogen) atoms. The van der Waals surface area contributed by atoms with E-state index >= 15 is 0 Å². The van der Waals surface area contributed by atoms with Crippen molar-refractivity contribution >= 4 is 10.8 Å². The van der Waals surface area contributed by atoms with Crippen molar-refractivity contribution in [1.82, 2.24) is 0 Å². The largest absolute Gasteiger partial charge is 0.497 e. The zero-order valence-electron chi connectivity index (χ0n) is 11.7. The Morgan fingerprint density at radius 2 is 1.48 bits per heavy atom. The molecule has 0 spiro atoms. The lowest BCUT2D eigenvalue weighted by molar-refractivity contribution is 0.306. The molecule has 0 radical (unpaired) electrons. The molecule has 0 amide bonds. The summed E-state index contributed by atoms with van der Waals surface area (Å²) >= 11 is 0.